The Balaban J connectivity index is 2.52. The van der Waals surface area contributed by atoms with E-state index in [2.05, 4.69) is 45.0 Å². The van der Waals surface area contributed by atoms with Gasteiger partial charge in [0.05, 0.1) is 15.2 Å². The van der Waals surface area contributed by atoms with Gasteiger partial charge in [-0.2, -0.15) is 0 Å². The van der Waals surface area contributed by atoms with Gasteiger partial charge in [-0.25, -0.2) is 0 Å². The summed E-state index contributed by atoms with van der Waals surface area (Å²) in [6.45, 7) is 7.10. The van der Waals surface area contributed by atoms with Crippen LogP contribution in [0.1, 0.15) is 20.8 Å². The van der Waals surface area contributed by atoms with Gasteiger partial charge in [0.15, 0.2) is 0 Å². The zero-order valence-corrected chi connectivity index (χ0v) is 13.6. The van der Waals surface area contributed by atoms with Crippen molar-refractivity contribution >= 4 is 34.0 Å². The van der Waals surface area contributed by atoms with Crippen molar-refractivity contribution in [2.24, 2.45) is 0 Å². The highest BCUT2D eigenvalue weighted by atomic mass is 32.1. The van der Waals surface area contributed by atoms with Gasteiger partial charge in [0.2, 0.25) is 0 Å². The number of hydrogen-bond donors (Lipinski definition) is 0. The van der Waals surface area contributed by atoms with Crippen molar-refractivity contribution in [3.8, 4) is 5.75 Å². The van der Waals surface area contributed by atoms with Gasteiger partial charge < -0.3 is 4.74 Å². The molecule has 1 nitrogen and oxygen atoms in total. The zero-order valence-electron chi connectivity index (χ0n) is 11.7. The highest BCUT2D eigenvalue weighted by molar-refractivity contribution is 7.31. The molecule has 0 aliphatic carbocycles. The number of rotatable bonds is 5. The van der Waals surface area contributed by atoms with Crippen molar-refractivity contribution in [2.45, 2.75) is 38.9 Å². The first kappa shape index (κ1) is 13.6. The van der Waals surface area contributed by atoms with Crippen molar-refractivity contribution in [1.29, 1.82) is 0 Å². The van der Waals surface area contributed by atoms with Gasteiger partial charge in [-0.3, -0.25) is 0 Å². The average Bonchev–Trinajstić information content (AvgIpc) is 2.84. The molecule has 1 heterocycles. The molecule has 1 aromatic heterocycles. The summed E-state index contributed by atoms with van der Waals surface area (Å²) in [6, 6.07) is 12.9. The van der Waals surface area contributed by atoms with Crippen LogP contribution in [0.4, 0.5) is 0 Å². The quantitative estimate of drug-likeness (QED) is 0.725. The fourth-order valence-corrected chi connectivity index (χ4v) is 8.98. The Morgan fingerprint density at radius 3 is 2.28 bits per heavy atom. The van der Waals surface area contributed by atoms with E-state index in [0.29, 0.717) is 0 Å². The van der Waals surface area contributed by atoms with Gasteiger partial charge in [0.1, 0.15) is 5.75 Å². The minimum atomic E-state index is -1.23. The smallest absolute Gasteiger partial charge is 0.119 e. The highest BCUT2D eigenvalue weighted by Crippen LogP contribution is 2.29. The normalized spacial score (nSPS) is 12.0. The third-order valence-electron chi connectivity index (χ3n) is 4.28. The lowest BCUT2D eigenvalue weighted by Crippen LogP contribution is -2.43. The maximum Gasteiger partial charge on any atom is 0.119 e. The second-order valence-corrected chi connectivity index (χ2v) is 11.5. The van der Waals surface area contributed by atoms with Crippen molar-refractivity contribution in [3.63, 3.8) is 0 Å². The van der Waals surface area contributed by atoms with Crippen LogP contribution in [0.25, 0.3) is 10.1 Å². The van der Waals surface area contributed by atoms with Gasteiger partial charge in [0, 0.05) is 4.70 Å². The highest BCUT2D eigenvalue weighted by Gasteiger charge is 2.30. The molecule has 2 aromatic rings. The van der Waals surface area contributed by atoms with E-state index in [-0.39, 0.29) is 0 Å². The monoisotopic (exact) mass is 278 g/mol. The third-order valence-corrected chi connectivity index (χ3v) is 12.1. The molecule has 0 N–H and O–H groups in total. The molecule has 0 spiro atoms. The topological polar surface area (TPSA) is 9.23 Å². The Hall–Kier alpha value is -0.803. The van der Waals surface area contributed by atoms with Gasteiger partial charge in [0.25, 0.3) is 0 Å². The molecule has 1 aromatic carbocycles. The summed E-state index contributed by atoms with van der Waals surface area (Å²) >= 11 is 2.00. The molecule has 3 heteroatoms. The van der Waals surface area contributed by atoms with E-state index in [1.165, 1.54) is 28.2 Å². The maximum absolute atomic E-state index is 5.31. The van der Waals surface area contributed by atoms with Crippen molar-refractivity contribution in [3.05, 3.63) is 24.3 Å². The van der Waals surface area contributed by atoms with Crippen LogP contribution in [-0.2, 0) is 0 Å². The molecule has 0 aliphatic heterocycles. The molecule has 0 unspecified atom stereocenters. The summed E-state index contributed by atoms with van der Waals surface area (Å²) in [4.78, 5) is 0. The van der Waals surface area contributed by atoms with Gasteiger partial charge in [-0.1, -0.05) is 38.9 Å². The lowest BCUT2D eigenvalue weighted by atomic mass is 10.2. The van der Waals surface area contributed by atoms with Crippen molar-refractivity contribution in [2.75, 3.05) is 7.11 Å². The summed E-state index contributed by atoms with van der Waals surface area (Å²) < 4.78 is 8.38. The van der Waals surface area contributed by atoms with Crippen LogP contribution in [-0.4, -0.2) is 15.2 Å². The van der Waals surface area contributed by atoms with Crippen molar-refractivity contribution in [1.82, 2.24) is 0 Å². The fraction of sp³-hybridized carbons (Fsp3) is 0.467. The molecule has 0 saturated heterocycles. The van der Waals surface area contributed by atoms with E-state index in [4.69, 9.17) is 4.74 Å². The van der Waals surface area contributed by atoms with Crippen LogP contribution in [0.5, 0.6) is 5.75 Å². The maximum atomic E-state index is 5.31. The van der Waals surface area contributed by atoms with Gasteiger partial charge >= 0.3 is 0 Å². The molecule has 0 bridgehead atoms. The first-order chi connectivity index (χ1) is 8.69. The first-order valence-corrected chi connectivity index (χ1v) is 10.2. The van der Waals surface area contributed by atoms with Crippen LogP contribution in [0, 0.1) is 0 Å². The van der Waals surface area contributed by atoms with E-state index in [1.54, 1.807) is 11.6 Å². The van der Waals surface area contributed by atoms with E-state index >= 15 is 0 Å². The molecule has 0 aliphatic rings. The third kappa shape index (κ3) is 2.21. The summed E-state index contributed by atoms with van der Waals surface area (Å²) in [5.74, 6) is 0.962. The second-order valence-electron chi connectivity index (χ2n) is 4.86. The largest absolute Gasteiger partial charge is 0.497 e. The van der Waals surface area contributed by atoms with E-state index in [1.807, 2.05) is 11.3 Å². The average molecular weight is 278 g/mol. The Labute approximate surface area is 115 Å². The predicted molar refractivity (Wildman–Crippen MR) is 85.2 cm³/mol. The Morgan fingerprint density at radius 2 is 1.72 bits per heavy atom. The lowest BCUT2D eigenvalue weighted by molar-refractivity contribution is 0.415. The molecular formula is C15H22OSSi. The van der Waals surface area contributed by atoms with Gasteiger partial charge in [-0.15, -0.1) is 11.3 Å². The van der Waals surface area contributed by atoms with Crippen LogP contribution in [0.15, 0.2) is 24.3 Å². The Bertz CT molecular complexity index is 520. The number of methoxy groups -OCH3 is 1. The summed E-state index contributed by atoms with van der Waals surface area (Å²) in [6.07, 6.45) is 0. The molecule has 98 valence electrons. The van der Waals surface area contributed by atoms with Crippen LogP contribution in [0.3, 0.4) is 0 Å². The summed E-state index contributed by atoms with van der Waals surface area (Å²) in [5, 5.41) is 1.35. The number of hydrogen-bond acceptors (Lipinski definition) is 2. The minimum absolute atomic E-state index is 0.962. The zero-order chi connectivity index (χ0) is 13.2. The minimum Gasteiger partial charge on any atom is -0.497 e. The molecule has 2 rings (SSSR count). The summed E-state index contributed by atoms with van der Waals surface area (Å²) in [7, 11) is 0.507. The number of thiophene rings is 1. The molecule has 0 radical (unpaired) electrons. The predicted octanol–water partition coefficient (Wildman–Crippen LogP) is 4.63. The Kier molecular flexibility index (Phi) is 4.13. The number of ether oxygens (including phenoxy) is 1. The van der Waals surface area contributed by atoms with Crippen molar-refractivity contribution < 1.29 is 4.74 Å². The van der Waals surface area contributed by atoms with E-state index in [0.717, 1.165) is 5.75 Å². The van der Waals surface area contributed by atoms with Crippen LogP contribution >= 0.6 is 11.3 Å². The lowest BCUT2D eigenvalue weighted by Gasteiger charge is -2.26. The molecule has 0 fully saturated rings. The molecule has 0 atom stereocenters. The van der Waals surface area contributed by atoms with E-state index < -0.39 is 8.07 Å². The summed E-state index contributed by atoms with van der Waals surface area (Å²) in [5.41, 5.74) is 0. The fourth-order valence-electron chi connectivity index (χ4n) is 2.68. The molecule has 0 saturated carbocycles. The van der Waals surface area contributed by atoms with E-state index in [9.17, 15) is 0 Å². The Morgan fingerprint density at radius 1 is 1.06 bits per heavy atom. The number of benzene rings is 1. The molecule has 0 amide bonds. The molecule has 18 heavy (non-hydrogen) atoms. The molecular weight excluding hydrogens is 256 g/mol. The SMILES string of the molecule is CC[Si](CC)(CC)c1cc2cc(OC)ccc2s1. The van der Waals surface area contributed by atoms with Crippen LogP contribution < -0.4 is 9.24 Å². The van der Waals surface area contributed by atoms with Gasteiger partial charge in [-0.05, 0) is 34.2 Å². The number of fused-ring (bicyclic) bond motifs is 1. The second kappa shape index (κ2) is 5.45. The standard InChI is InChI=1S/C15H22OSSi/c1-5-18(6-2,7-3)15-11-12-10-13(16-4)8-9-14(12)17-15/h8-11H,5-7H2,1-4H3. The van der Waals surface area contributed by atoms with Crippen LogP contribution in [0.2, 0.25) is 18.1 Å². The first-order valence-electron chi connectivity index (χ1n) is 6.77.